The summed E-state index contributed by atoms with van der Waals surface area (Å²) >= 11 is 0. The first-order chi connectivity index (χ1) is 12.8. The predicted molar refractivity (Wildman–Crippen MR) is 106 cm³/mol. The number of carbonyl (C=O) groups excluding carboxylic acids is 1. The molecule has 3 aromatic rings. The largest absolute Gasteiger partial charge is 0.305 e. The molecule has 1 amide bonds. The van der Waals surface area contributed by atoms with Crippen molar-refractivity contribution in [2.75, 3.05) is 4.90 Å². The molecular formula is C23H20N2O. The molecule has 1 fully saturated rings. The molecule has 1 atom stereocenters. The monoisotopic (exact) mass is 340 g/mol. The molecule has 3 heteroatoms. The Morgan fingerprint density at radius 3 is 2.69 bits per heavy atom. The first-order valence-corrected chi connectivity index (χ1v) is 9.25. The summed E-state index contributed by atoms with van der Waals surface area (Å²) in [5.74, 6) is 0.141. The summed E-state index contributed by atoms with van der Waals surface area (Å²) in [6.07, 6.45) is 2.91. The van der Waals surface area contributed by atoms with Crippen molar-refractivity contribution in [1.82, 2.24) is 0 Å². The summed E-state index contributed by atoms with van der Waals surface area (Å²) in [5, 5.41) is 2.43. The van der Waals surface area contributed by atoms with Crippen LogP contribution in [0.5, 0.6) is 0 Å². The van der Waals surface area contributed by atoms with E-state index in [0.717, 1.165) is 41.9 Å². The minimum atomic E-state index is -0.0529. The summed E-state index contributed by atoms with van der Waals surface area (Å²) in [6.45, 7) is 0.583. The van der Waals surface area contributed by atoms with Gasteiger partial charge in [0.25, 0.3) is 0 Å². The molecule has 1 aliphatic carbocycles. The maximum Gasteiger partial charge on any atom is 0.236 e. The number of anilines is 1. The van der Waals surface area contributed by atoms with Crippen LogP contribution < -0.4 is 4.90 Å². The van der Waals surface area contributed by atoms with Gasteiger partial charge in [0.1, 0.15) is 0 Å². The first-order valence-electron chi connectivity index (χ1n) is 9.25. The second-order valence-corrected chi connectivity index (χ2v) is 7.14. The Morgan fingerprint density at radius 1 is 0.962 bits per heavy atom. The Morgan fingerprint density at radius 2 is 1.77 bits per heavy atom. The topological polar surface area (TPSA) is 32.7 Å². The van der Waals surface area contributed by atoms with E-state index in [4.69, 9.17) is 4.99 Å². The third-order valence-corrected chi connectivity index (χ3v) is 5.48. The number of hydrogen-bond acceptors (Lipinski definition) is 2. The van der Waals surface area contributed by atoms with E-state index in [9.17, 15) is 4.79 Å². The van der Waals surface area contributed by atoms with E-state index in [2.05, 4.69) is 42.5 Å². The molecule has 0 radical (unpaired) electrons. The number of benzene rings is 3. The van der Waals surface area contributed by atoms with Crippen LogP contribution in [0.15, 0.2) is 71.7 Å². The molecule has 5 rings (SSSR count). The van der Waals surface area contributed by atoms with Crippen LogP contribution in [0.3, 0.4) is 0 Å². The van der Waals surface area contributed by atoms with Crippen molar-refractivity contribution in [3.8, 4) is 0 Å². The lowest BCUT2D eigenvalue weighted by Gasteiger charge is -2.25. The Balaban J connectivity index is 1.57. The highest BCUT2D eigenvalue weighted by atomic mass is 16.2. The van der Waals surface area contributed by atoms with Crippen LogP contribution in [0, 0.1) is 5.92 Å². The number of fused-ring (bicyclic) bond motifs is 3. The maximum atomic E-state index is 13.3. The van der Waals surface area contributed by atoms with Crippen molar-refractivity contribution in [2.24, 2.45) is 10.9 Å². The van der Waals surface area contributed by atoms with E-state index in [1.165, 1.54) is 10.8 Å². The number of carbonyl (C=O) groups is 1. The smallest absolute Gasteiger partial charge is 0.236 e. The molecule has 3 aromatic carbocycles. The molecular weight excluding hydrogens is 320 g/mol. The van der Waals surface area contributed by atoms with Gasteiger partial charge >= 0.3 is 0 Å². The van der Waals surface area contributed by atoms with Gasteiger partial charge in [-0.05, 0) is 53.8 Å². The van der Waals surface area contributed by atoms with E-state index >= 15 is 0 Å². The highest BCUT2D eigenvalue weighted by Crippen LogP contribution is 2.38. The molecule has 0 bridgehead atoms. The second-order valence-electron chi connectivity index (χ2n) is 7.14. The Labute approximate surface area is 153 Å². The number of para-hydroxylation sites is 2. The number of aliphatic imine (C=N–C) groups is 1. The molecule has 1 aliphatic heterocycles. The van der Waals surface area contributed by atoms with Crippen molar-refractivity contribution < 1.29 is 4.79 Å². The molecule has 0 saturated heterocycles. The quantitative estimate of drug-likeness (QED) is 0.626. The van der Waals surface area contributed by atoms with Gasteiger partial charge in [-0.25, -0.2) is 0 Å². The molecule has 0 N–H and O–H groups in total. The van der Waals surface area contributed by atoms with Crippen LogP contribution in [0.4, 0.5) is 11.4 Å². The molecule has 128 valence electrons. The molecule has 1 saturated carbocycles. The number of amides is 1. The van der Waals surface area contributed by atoms with Crippen LogP contribution >= 0.6 is 0 Å². The molecule has 3 nitrogen and oxygen atoms in total. The van der Waals surface area contributed by atoms with E-state index in [1.807, 2.05) is 29.2 Å². The summed E-state index contributed by atoms with van der Waals surface area (Å²) < 4.78 is 0. The molecule has 2 aliphatic rings. The average molecular weight is 340 g/mol. The Kier molecular flexibility index (Phi) is 3.59. The first kappa shape index (κ1) is 15.3. The predicted octanol–water partition coefficient (Wildman–Crippen LogP) is 5.26. The van der Waals surface area contributed by atoms with Crippen LogP contribution in [0.1, 0.15) is 24.8 Å². The lowest BCUT2D eigenvalue weighted by atomic mass is 10.0. The highest BCUT2D eigenvalue weighted by molar-refractivity contribution is 6.14. The van der Waals surface area contributed by atoms with Gasteiger partial charge in [0.2, 0.25) is 5.91 Å². The van der Waals surface area contributed by atoms with Gasteiger partial charge in [-0.2, -0.15) is 0 Å². The zero-order valence-corrected chi connectivity index (χ0v) is 14.6. The lowest BCUT2D eigenvalue weighted by molar-refractivity contribution is -0.120. The average Bonchev–Trinajstić information content (AvgIpc) is 3.10. The number of nitrogens with zero attached hydrogens (tertiary/aromatic N) is 2. The van der Waals surface area contributed by atoms with Gasteiger partial charge in [-0.3, -0.25) is 9.79 Å². The highest BCUT2D eigenvalue weighted by Gasteiger charge is 2.36. The fraction of sp³-hybridized carbons (Fsp3) is 0.217. The molecule has 0 spiro atoms. The molecule has 1 unspecified atom stereocenters. The normalized spacial score (nSPS) is 19.1. The van der Waals surface area contributed by atoms with Crippen molar-refractivity contribution in [3.05, 3.63) is 72.3 Å². The van der Waals surface area contributed by atoms with Crippen molar-refractivity contribution in [3.63, 3.8) is 0 Å². The zero-order chi connectivity index (χ0) is 17.5. The minimum absolute atomic E-state index is 0.0529. The maximum absolute atomic E-state index is 13.3. The van der Waals surface area contributed by atoms with Crippen molar-refractivity contribution >= 4 is 33.8 Å². The van der Waals surface area contributed by atoms with E-state index in [0.29, 0.717) is 6.54 Å². The SMILES string of the molecule is O=C1C2CCCC2=Nc2ccccc2N1Cc1ccc2ccccc2c1. The van der Waals surface area contributed by atoms with E-state index in [1.54, 1.807) is 0 Å². The lowest BCUT2D eigenvalue weighted by Crippen LogP contribution is -2.36. The summed E-state index contributed by atoms with van der Waals surface area (Å²) in [4.78, 5) is 20.1. The fourth-order valence-electron chi connectivity index (χ4n) is 4.16. The zero-order valence-electron chi connectivity index (χ0n) is 14.6. The van der Waals surface area contributed by atoms with Gasteiger partial charge in [-0.15, -0.1) is 0 Å². The van der Waals surface area contributed by atoms with Gasteiger partial charge in [0.05, 0.1) is 23.8 Å². The van der Waals surface area contributed by atoms with E-state index < -0.39 is 0 Å². The van der Waals surface area contributed by atoms with Gasteiger partial charge < -0.3 is 4.90 Å². The third-order valence-electron chi connectivity index (χ3n) is 5.48. The minimum Gasteiger partial charge on any atom is -0.305 e. The summed E-state index contributed by atoms with van der Waals surface area (Å²) in [7, 11) is 0. The standard InChI is InChI=1S/C23H20N2O/c26-23-19-8-5-10-20(19)24-21-9-3-4-11-22(21)25(23)15-16-12-13-17-6-1-2-7-18(17)14-16/h1-4,6-7,9,11-14,19H,5,8,10,15H2. The fourth-order valence-corrected chi connectivity index (χ4v) is 4.16. The van der Waals surface area contributed by atoms with Crippen LogP contribution in [-0.4, -0.2) is 11.6 Å². The number of rotatable bonds is 2. The van der Waals surface area contributed by atoms with E-state index in [-0.39, 0.29) is 11.8 Å². The van der Waals surface area contributed by atoms with Crippen LogP contribution in [0.2, 0.25) is 0 Å². The number of hydrogen-bond donors (Lipinski definition) is 0. The third kappa shape index (κ3) is 2.51. The molecule has 1 heterocycles. The van der Waals surface area contributed by atoms with Gasteiger partial charge in [0.15, 0.2) is 0 Å². The molecule has 0 aromatic heterocycles. The van der Waals surface area contributed by atoms with Crippen LogP contribution in [0.25, 0.3) is 10.8 Å². The summed E-state index contributed by atoms with van der Waals surface area (Å²) in [6, 6.07) is 22.8. The van der Waals surface area contributed by atoms with Crippen molar-refractivity contribution in [2.45, 2.75) is 25.8 Å². The Hall–Kier alpha value is -2.94. The van der Waals surface area contributed by atoms with Gasteiger partial charge in [0, 0.05) is 5.71 Å². The Bertz CT molecular complexity index is 1040. The molecule has 26 heavy (non-hydrogen) atoms. The van der Waals surface area contributed by atoms with Gasteiger partial charge in [-0.1, -0.05) is 48.5 Å². The second kappa shape index (κ2) is 6.10. The summed E-state index contributed by atoms with van der Waals surface area (Å²) in [5.41, 5.74) is 4.05. The van der Waals surface area contributed by atoms with Crippen molar-refractivity contribution in [1.29, 1.82) is 0 Å². The van der Waals surface area contributed by atoms with Crippen LogP contribution in [-0.2, 0) is 11.3 Å².